The highest BCUT2D eigenvalue weighted by Crippen LogP contribution is 2.32. The Hall–Kier alpha value is -9.06. The number of para-hydroxylation sites is 2. The topological polar surface area (TPSA) is 494 Å². The van der Waals surface area contributed by atoms with Gasteiger partial charge in [-0.1, -0.05) is 60.7 Å². The van der Waals surface area contributed by atoms with Crippen LogP contribution in [0.2, 0.25) is 0 Å². The van der Waals surface area contributed by atoms with Crippen molar-refractivity contribution in [1.82, 2.24) is 29.9 Å². The normalized spacial score (nSPS) is 12.3. The van der Waals surface area contributed by atoms with Gasteiger partial charge in [-0.05, 0) is 96.1 Å². The van der Waals surface area contributed by atoms with Crippen LogP contribution in [0.5, 0.6) is 11.5 Å². The molecule has 32 nitrogen and oxygen atoms in total. The molecule has 8 rings (SSSR count). The number of nitrogens with zero attached hydrogens (tertiary/aromatic N) is 6. The quantitative estimate of drug-likeness (QED) is 0.0226. The Labute approximate surface area is 463 Å². The summed E-state index contributed by atoms with van der Waals surface area (Å²) in [6, 6.07) is 26.4. The summed E-state index contributed by atoms with van der Waals surface area (Å²) < 4.78 is 208. The Morgan fingerprint density at radius 3 is 0.963 bits per heavy atom. The minimum Gasteiger partial charge on any atom is -0.379 e. The molecule has 0 bridgehead atoms. The van der Waals surface area contributed by atoms with E-state index in [0.717, 1.165) is 36.4 Å². The maximum Gasteiger partial charge on any atom is 0.296 e. The molecule has 0 saturated carbocycles. The molecule has 0 atom stereocenters. The molecule has 6 aromatic carbocycles. The summed E-state index contributed by atoms with van der Waals surface area (Å²) in [5.41, 5.74) is 2.59. The molecule has 0 aliphatic heterocycles. The number of anilines is 10. The van der Waals surface area contributed by atoms with Crippen molar-refractivity contribution in [2.45, 2.75) is 29.4 Å². The minimum atomic E-state index is -5.16. The molecule has 0 spiro atoms. The van der Waals surface area contributed by atoms with E-state index in [9.17, 15) is 77.8 Å². The van der Waals surface area contributed by atoms with E-state index in [1.165, 1.54) is 36.4 Å². The fraction of sp³-hybridized carbons (Fsp3) is 0. The van der Waals surface area contributed by atoms with E-state index >= 15 is 0 Å². The van der Waals surface area contributed by atoms with Gasteiger partial charge in [-0.2, -0.15) is 91.4 Å². The molecule has 0 fully saturated rings. The molecule has 0 aliphatic carbocycles. The lowest BCUT2D eigenvalue weighted by Gasteiger charge is -2.14. The van der Waals surface area contributed by atoms with Crippen molar-refractivity contribution < 1.29 is 87.5 Å². The molecule has 8 aromatic rings. The van der Waals surface area contributed by atoms with Crippen LogP contribution in [0.1, 0.15) is 11.1 Å². The van der Waals surface area contributed by atoms with E-state index in [0.29, 0.717) is 36.4 Å². The first-order valence-corrected chi connectivity index (χ1v) is 30.6. The fourth-order valence-corrected chi connectivity index (χ4v) is 10.6. The van der Waals surface area contributed by atoms with Crippen molar-refractivity contribution >= 4 is 131 Å². The summed E-state index contributed by atoms with van der Waals surface area (Å²) >= 11 is 0. The van der Waals surface area contributed by atoms with Gasteiger partial charge in [-0.3, -0.25) is 27.3 Å². The highest BCUT2D eigenvalue weighted by Gasteiger charge is 2.25. The lowest BCUT2D eigenvalue weighted by molar-refractivity contribution is 0.399. The van der Waals surface area contributed by atoms with Crippen LogP contribution in [-0.4, -0.2) is 108 Å². The highest BCUT2D eigenvalue weighted by molar-refractivity contribution is 7.87. The predicted octanol–water partition coefficient (Wildman–Crippen LogP) is 5.49. The van der Waals surface area contributed by atoms with Crippen LogP contribution in [0.4, 0.5) is 58.4 Å². The van der Waals surface area contributed by atoms with Crippen LogP contribution in [0, 0.1) is 0 Å². The third-order valence-corrected chi connectivity index (χ3v) is 15.7. The van der Waals surface area contributed by atoms with Crippen LogP contribution in [0.3, 0.4) is 0 Å². The van der Waals surface area contributed by atoms with E-state index < -0.39 is 137 Å². The van der Waals surface area contributed by atoms with Gasteiger partial charge >= 0.3 is 0 Å². The average molecular weight is 1250 g/mol. The molecule has 12 N–H and O–H groups in total. The minimum absolute atomic E-state index is 0.176. The maximum atomic E-state index is 12.9. The predicted molar refractivity (Wildman–Crippen MR) is 288 cm³/mol. The van der Waals surface area contributed by atoms with Gasteiger partial charge in [-0.15, -0.1) is 0 Å². The second-order valence-corrected chi connectivity index (χ2v) is 24.6. The Morgan fingerprint density at radius 1 is 0.329 bits per heavy atom. The van der Waals surface area contributed by atoms with Gasteiger partial charge in [0.1, 0.15) is 19.6 Å². The standard InChI is InChI=1S/C44H36N12O20S6/c57-77(58,59)31-17-19-35(79(63,64)65)33(23-31)47-41-49-39(51-43(53-41)55-75-29-7-3-1-4-8-29)45-27-15-13-25(37(21-27)81(69,70)71)11-12-26-14-16-28(22-38(26)82(72,73)74)46-40-50-42(54-44(52-40)56-76-30-9-5-2-6-10-30)48-34-24-32(78(60,61)62)18-20-36(34)80(66,67)68/h1-24H,(H,57,58,59)(H,60,61,62)(H,63,64,65)(H,66,67,68)(H,69,70,71)(H,72,73,74)(H3,45,47,49,51,53,55)(H3,46,48,50,52,54,56). The molecule has 0 amide bonds. The summed E-state index contributed by atoms with van der Waals surface area (Å²) in [4.78, 5) is 30.5. The second-order valence-electron chi connectivity index (χ2n) is 16.2. The fourth-order valence-electron chi connectivity index (χ4n) is 6.86. The maximum absolute atomic E-state index is 12.9. The lowest BCUT2D eigenvalue weighted by Crippen LogP contribution is -2.13. The van der Waals surface area contributed by atoms with Crippen molar-refractivity contribution in [2.75, 3.05) is 32.2 Å². The number of benzene rings is 6. The van der Waals surface area contributed by atoms with Crippen LogP contribution >= 0.6 is 0 Å². The molecule has 0 unspecified atom stereocenters. The van der Waals surface area contributed by atoms with Gasteiger partial charge in [0, 0.05) is 11.4 Å². The van der Waals surface area contributed by atoms with Crippen molar-refractivity contribution in [3.8, 4) is 11.5 Å². The molecular weight excluding hydrogens is 1210 g/mol. The number of aromatic nitrogens is 6. The van der Waals surface area contributed by atoms with Gasteiger partial charge in [0.05, 0.1) is 21.2 Å². The first-order valence-electron chi connectivity index (χ1n) is 22.0. The molecule has 0 aliphatic rings. The lowest BCUT2D eigenvalue weighted by atomic mass is 10.1. The first kappa shape index (κ1) is 59.1. The zero-order valence-corrected chi connectivity index (χ0v) is 45.3. The van der Waals surface area contributed by atoms with Crippen molar-refractivity contribution in [1.29, 1.82) is 0 Å². The summed E-state index contributed by atoms with van der Waals surface area (Å²) in [5, 5.41) is 10.1. The molecule has 0 radical (unpaired) electrons. The Bertz CT molecular complexity index is 4250. The van der Waals surface area contributed by atoms with Gasteiger partial charge < -0.3 is 30.9 Å². The summed E-state index contributed by atoms with van der Waals surface area (Å²) in [5.74, 6) is -2.50. The Kier molecular flexibility index (Phi) is 16.7. The zero-order chi connectivity index (χ0) is 59.4. The van der Waals surface area contributed by atoms with Crippen molar-refractivity contribution in [2.24, 2.45) is 0 Å². The van der Waals surface area contributed by atoms with Crippen LogP contribution < -0.4 is 41.9 Å². The van der Waals surface area contributed by atoms with E-state index in [1.54, 1.807) is 36.4 Å². The average Bonchev–Trinajstić information content (AvgIpc) is 3.54. The van der Waals surface area contributed by atoms with Gasteiger partial charge in [0.15, 0.2) is 11.5 Å². The zero-order valence-electron chi connectivity index (χ0n) is 40.4. The molecule has 428 valence electrons. The largest absolute Gasteiger partial charge is 0.379 e. The van der Waals surface area contributed by atoms with E-state index in [2.05, 4.69) is 62.1 Å². The molecule has 82 heavy (non-hydrogen) atoms. The third kappa shape index (κ3) is 15.4. The first-order chi connectivity index (χ1) is 38.3. The Balaban J connectivity index is 1.11. The molecule has 38 heteroatoms. The summed E-state index contributed by atoms with van der Waals surface area (Å²) in [7, 11) is -30.4. The molecule has 0 saturated heterocycles. The van der Waals surface area contributed by atoms with Crippen LogP contribution in [0.25, 0.3) is 12.2 Å². The number of nitrogens with one attached hydrogen (secondary N) is 6. The highest BCUT2D eigenvalue weighted by atomic mass is 32.2. The van der Waals surface area contributed by atoms with E-state index in [-0.39, 0.29) is 34.0 Å². The number of hydrogen-bond donors (Lipinski definition) is 12. The summed E-state index contributed by atoms with van der Waals surface area (Å²) in [6.07, 6.45) is 2.08. The summed E-state index contributed by atoms with van der Waals surface area (Å²) in [6.45, 7) is 0. The van der Waals surface area contributed by atoms with Gasteiger partial charge in [0.2, 0.25) is 23.8 Å². The monoisotopic (exact) mass is 1240 g/mol. The van der Waals surface area contributed by atoms with E-state index in [1.807, 2.05) is 0 Å². The van der Waals surface area contributed by atoms with Gasteiger partial charge in [-0.25, -0.2) is 0 Å². The molecule has 2 heterocycles. The van der Waals surface area contributed by atoms with Crippen molar-refractivity contribution in [3.63, 3.8) is 0 Å². The van der Waals surface area contributed by atoms with Crippen LogP contribution in [-0.2, 0) is 60.7 Å². The molecular formula is C44H36N12O20S6. The number of rotatable bonds is 22. The number of hydrogen-bond acceptors (Lipinski definition) is 26. The SMILES string of the molecule is O=S(=O)(O)c1ccc(S(=O)(=O)O)c(Nc2nc(NOc3ccccc3)nc(Nc3ccc(C=Cc4ccc(Nc5nc(NOc6ccccc6)nc(Nc6cc(S(=O)(=O)O)ccc6S(=O)(=O)O)n5)cc4S(=O)(=O)O)c(S(=O)(=O)O)c3)n2)c1. The smallest absolute Gasteiger partial charge is 0.296 e. The van der Waals surface area contributed by atoms with Gasteiger partial charge in [0.25, 0.3) is 72.6 Å². The van der Waals surface area contributed by atoms with E-state index in [4.69, 9.17) is 9.68 Å². The van der Waals surface area contributed by atoms with Crippen molar-refractivity contribution in [3.05, 3.63) is 145 Å². The Morgan fingerprint density at radius 2 is 0.646 bits per heavy atom. The third-order valence-electron chi connectivity index (χ3n) is 10.4. The molecule has 2 aromatic heterocycles. The second kappa shape index (κ2) is 23.2. The van der Waals surface area contributed by atoms with Crippen LogP contribution in [0.15, 0.2) is 163 Å².